The zero-order valence-corrected chi connectivity index (χ0v) is 25.9. The number of fused-ring (bicyclic) bond motifs is 1. The molecule has 1 fully saturated rings. The van der Waals surface area contributed by atoms with Gasteiger partial charge in [0.15, 0.2) is 11.7 Å². The summed E-state index contributed by atoms with van der Waals surface area (Å²) in [4.78, 5) is 42.5. The maximum Gasteiger partial charge on any atom is 0.420 e. The van der Waals surface area contributed by atoms with E-state index in [0.717, 1.165) is 42.6 Å². The zero-order chi connectivity index (χ0) is 31.4. The third kappa shape index (κ3) is 7.22. The van der Waals surface area contributed by atoms with E-state index < -0.39 is 23.2 Å². The minimum Gasteiger partial charge on any atom is -0.478 e. The summed E-state index contributed by atoms with van der Waals surface area (Å²) in [6, 6.07) is 22.3. The second kappa shape index (κ2) is 13.1. The van der Waals surface area contributed by atoms with E-state index >= 15 is 0 Å². The van der Waals surface area contributed by atoms with E-state index in [0.29, 0.717) is 29.9 Å². The summed E-state index contributed by atoms with van der Waals surface area (Å²) < 4.78 is 13.1. The van der Waals surface area contributed by atoms with Gasteiger partial charge in [0.25, 0.3) is 0 Å². The van der Waals surface area contributed by atoms with Gasteiger partial charge in [-0.25, -0.2) is 9.59 Å². The molecule has 1 aromatic heterocycles. The van der Waals surface area contributed by atoms with Crippen LogP contribution in [-0.2, 0) is 22.6 Å². The van der Waals surface area contributed by atoms with E-state index in [4.69, 9.17) is 9.15 Å². The monoisotopic (exact) mass is 599 g/mol. The molecule has 1 unspecified atom stereocenters. The highest BCUT2D eigenvalue weighted by Gasteiger charge is 2.34. The Balaban J connectivity index is 1.39. The summed E-state index contributed by atoms with van der Waals surface area (Å²) in [6.45, 7) is 8.47. The molecule has 9 nitrogen and oxygen atoms in total. The van der Waals surface area contributed by atoms with E-state index in [1.54, 1.807) is 21.6 Å². The van der Waals surface area contributed by atoms with Gasteiger partial charge in [-0.05, 0) is 66.9 Å². The molecule has 0 bridgehead atoms. The number of likely N-dealkylation sites (N-methyl/N-ethyl adjacent to an activating group) is 1. The quantitative estimate of drug-likeness (QED) is 0.248. The molecule has 2 atom stereocenters. The number of carboxylic acids is 1. The zero-order valence-electron chi connectivity index (χ0n) is 25.9. The fraction of sp³-hybridized carbons (Fsp3) is 0.400. The van der Waals surface area contributed by atoms with Crippen LogP contribution in [0.1, 0.15) is 56.3 Å². The first-order valence-electron chi connectivity index (χ1n) is 15.1. The Labute approximate surface area is 257 Å². The lowest BCUT2D eigenvalue weighted by Crippen LogP contribution is -2.40. The van der Waals surface area contributed by atoms with Crippen LogP contribution in [0.3, 0.4) is 0 Å². The van der Waals surface area contributed by atoms with Crippen molar-refractivity contribution in [2.45, 2.75) is 58.7 Å². The molecule has 1 saturated heterocycles. The third-order valence-corrected chi connectivity index (χ3v) is 8.27. The van der Waals surface area contributed by atoms with Gasteiger partial charge in [0, 0.05) is 19.0 Å². The van der Waals surface area contributed by atoms with Crippen LogP contribution in [0, 0.1) is 5.41 Å². The molecule has 0 saturated carbocycles. The Morgan fingerprint density at radius 1 is 0.977 bits per heavy atom. The Bertz CT molecular complexity index is 1660. The van der Waals surface area contributed by atoms with E-state index in [-0.39, 0.29) is 18.4 Å². The molecule has 5 rings (SSSR count). The Kier molecular flexibility index (Phi) is 9.25. The maximum absolute atomic E-state index is 13.8. The molecule has 3 aromatic carbocycles. The molecule has 1 aliphatic rings. The van der Waals surface area contributed by atoms with Gasteiger partial charge in [0.05, 0.1) is 24.5 Å². The van der Waals surface area contributed by atoms with Crippen molar-refractivity contribution in [1.82, 2.24) is 14.4 Å². The molecule has 0 aliphatic carbocycles. The summed E-state index contributed by atoms with van der Waals surface area (Å²) >= 11 is 0. The van der Waals surface area contributed by atoms with Gasteiger partial charge in [0.2, 0.25) is 5.91 Å². The van der Waals surface area contributed by atoms with Crippen LogP contribution in [0.4, 0.5) is 0 Å². The number of amides is 1. The summed E-state index contributed by atoms with van der Waals surface area (Å²) in [7, 11) is 1.81. The predicted molar refractivity (Wildman–Crippen MR) is 169 cm³/mol. The molecule has 1 aliphatic heterocycles. The molecule has 9 heteroatoms. The Morgan fingerprint density at radius 3 is 2.39 bits per heavy atom. The summed E-state index contributed by atoms with van der Waals surface area (Å²) in [5, 5.41) is 9.79. The van der Waals surface area contributed by atoms with Crippen molar-refractivity contribution >= 4 is 23.0 Å². The van der Waals surface area contributed by atoms with Crippen molar-refractivity contribution in [3.8, 4) is 5.75 Å². The molecule has 44 heavy (non-hydrogen) atoms. The van der Waals surface area contributed by atoms with Gasteiger partial charge < -0.3 is 24.1 Å². The molecule has 1 amide bonds. The van der Waals surface area contributed by atoms with Crippen LogP contribution in [0.2, 0.25) is 0 Å². The third-order valence-electron chi connectivity index (χ3n) is 8.27. The van der Waals surface area contributed by atoms with Crippen molar-refractivity contribution in [2.24, 2.45) is 5.41 Å². The van der Waals surface area contributed by atoms with Crippen LogP contribution >= 0.6 is 0 Å². The summed E-state index contributed by atoms with van der Waals surface area (Å²) in [5.74, 6) is -1.07. The average molecular weight is 600 g/mol. The number of carbonyl (C=O) groups excluding carboxylic acids is 1. The van der Waals surface area contributed by atoms with E-state index in [9.17, 15) is 19.5 Å². The molecule has 1 N–H and O–H groups in total. The number of oxazole rings is 1. The minimum absolute atomic E-state index is 0.0709. The van der Waals surface area contributed by atoms with Crippen LogP contribution in [0.5, 0.6) is 5.75 Å². The van der Waals surface area contributed by atoms with Gasteiger partial charge in [-0.15, -0.1) is 0 Å². The number of likely N-dealkylation sites (tertiary alicyclic amines) is 1. The molecule has 0 radical (unpaired) electrons. The van der Waals surface area contributed by atoms with Crippen LogP contribution in [-0.4, -0.2) is 64.1 Å². The topological polar surface area (TPSA) is 105 Å². The van der Waals surface area contributed by atoms with Gasteiger partial charge in [-0.2, -0.15) is 0 Å². The van der Waals surface area contributed by atoms with Gasteiger partial charge in [-0.3, -0.25) is 9.36 Å². The lowest BCUT2D eigenvalue weighted by atomic mass is 9.89. The summed E-state index contributed by atoms with van der Waals surface area (Å²) in [6.07, 6.45) is 1.37. The van der Waals surface area contributed by atoms with E-state index in [1.165, 1.54) is 0 Å². The number of aromatic nitrogens is 1. The van der Waals surface area contributed by atoms with Crippen molar-refractivity contribution in [2.75, 3.05) is 26.7 Å². The second-order valence-corrected chi connectivity index (χ2v) is 12.7. The van der Waals surface area contributed by atoms with Crippen LogP contribution in [0.15, 0.2) is 82.0 Å². The first-order chi connectivity index (χ1) is 21.0. The predicted octanol–water partition coefficient (Wildman–Crippen LogP) is 5.36. The molecule has 232 valence electrons. The molecule has 0 spiro atoms. The second-order valence-electron chi connectivity index (χ2n) is 12.7. The number of ether oxygens (including phenoxy) is 1. The number of nitrogens with zero attached hydrogens (tertiary/aromatic N) is 3. The molecular formula is C35H41N3O6. The number of hydrogen-bond acceptors (Lipinski definition) is 6. The fourth-order valence-electron chi connectivity index (χ4n) is 5.80. The van der Waals surface area contributed by atoms with E-state index in [2.05, 4.69) is 4.90 Å². The standard InChI is InChI=1S/C35H41N3O6/c1-35(2,3)32(33(40)41)43-27-14-10-13-26(21-27)29(23-37-17-8-9-18-37)36(4)31(39)20-25-15-16-30-28(19-25)38(34(42)44-30)22-24-11-6-5-7-12-24/h5-7,10-16,19,21,29,32H,8-9,17-18,20,22-23H2,1-4H3,(H,40,41)/t29?,32-/m1/s1. The summed E-state index contributed by atoms with van der Waals surface area (Å²) in [5.41, 5.74) is 3.16. The van der Waals surface area contributed by atoms with Crippen molar-refractivity contribution in [3.05, 3.63) is 100 Å². The first-order valence-corrected chi connectivity index (χ1v) is 15.1. The lowest BCUT2D eigenvalue weighted by molar-refractivity contribution is -0.150. The molecule has 4 aromatic rings. The molecular weight excluding hydrogens is 558 g/mol. The first kappa shape index (κ1) is 31.1. The maximum atomic E-state index is 13.8. The number of carboxylic acid groups (broad SMARTS) is 1. The lowest BCUT2D eigenvalue weighted by Gasteiger charge is -2.33. The van der Waals surface area contributed by atoms with Crippen LogP contribution in [0.25, 0.3) is 11.1 Å². The van der Waals surface area contributed by atoms with Crippen molar-refractivity contribution < 1.29 is 23.8 Å². The van der Waals surface area contributed by atoms with Gasteiger partial charge >= 0.3 is 11.7 Å². The minimum atomic E-state index is -1.02. The number of aliphatic carboxylic acids is 1. The largest absolute Gasteiger partial charge is 0.478 e. The van der Waals surface area contributed by atoms with Crippen molar-refractivity contribution in [3.63, 3.8) is 0 Å². The van der Waals surface area contributed by atoms with E-state index in [1.807, 2.05) is 88.5 Å². The van der Waals surface area contributed by atoms with Crippen molar-refractivity contribution in [1.29, 1.82) is 0 Å². The normalized spacial score (nSPS) is 15.3. The highest BCUT2D eigenvalue weighted by atomic mass is 16.5. The van der Waals surface area contributed by atoms with Crippen LogP contribution < -0.4 is 10.5 Å². The highest BCUT2D eigenvalue weighted by molar-refractivity contribution is 5.81. The highest BCUT2D eigenvalue weighted by Crippen LogP contribution is 2.30. The smallest absolute Gasteiger partial charge is 0.420 e. The Morgan fingerprint density at radius 2 is 1.70 bits per heavy atom. The average Bonchev–Trinajstić information content (AvgIpc) is 3.61. The number of rotatable bonds is 11. The number of hydrogen-bond donors (Lipinski definition) is 1. The number of benzene rings is 3. The van der Waals surface area contributed by atoms with Gasteiger partial charge in [0.1, 0.15) is 5.75 Å². The van der Waals surface area contributed by atoms with Gasteiger partial charge in [-0.1, -0.05) is 69.3 Å². The fourth-order valence-corrected chi connectivity index (χ4v) is 5.80. The molecule has 2 heterocycles. The SMILES string of the molecule is CN(C(=O)Cc1ccc2oc(=O)n(Cc3ccccc3)c2c1)C(CN1CCCC1)c1cccc(O[C@H](C(=O)O)C(C)(C)C)c1. The Hall–Kier alpha value is -4.37. The number of carbonyl (C=O) groups is 2.